The molecule has 2 aliphatic heterocycles. The number of nitrogens with one attached hydrogen (secondary N) is 1. The molecule has 1 unspecified atom stereocenters. The number of nitrogens with zero attached hydrogens (tertiary/aromatic N) is 2. The van der Waals surface area contributed by atoms with Crippen LogP contribution in [0.25, 0.3) is 0 Å². The molecule has 212 valence electrons. The fourth-order valence-corrected chi connectivity index (χ4v) is 6.47. The van der Waals surface area contributed by atoms with Gasteiger partial charge in [-0.15, -0.1) is 0 Å². The standard InChI is InChI=1S/C32H39N3O4S/c1-32(2,3)39-31(36)33-26-18-20-35(21-19-26)40(37)29-16-14-27(15-17-29)38-28-22-34(23-28)30(24-10-6-4-7-11-24)25-12-8-5-9-13-25/h4-17,26,28,30H,18-23H2,1-3H3,(H,33,36). The molecule has 1 atom stereocenters. The Hall–Kier alpha value is -3.20. The largest absolute Gasteiger partial charge is 0.488 e. The van der Waals surface area contributed by atoms with Crippen LogP contribution in [-0.2, 0) is 15.7 Å². The van der Waals surface area contributed by atoms with Crippen LogP contribution in [0.4, 0.5) is 4.79 Å². The highest BCUT2D eigenvalue weighted by Gasteiger charge is 2.35. The molecule has 3 aromatic carbocycles. The molecule has 1 N–H and O–H groups in total. The van der Waals surface area contributed by atoms with Gasteiger partial charge in [0.1, 0.15) is 28.4 Å². The van der Waals surface area contributed by atoms with Gasteiger partial charge in [-0.2, -0.15) is 0 Å². The van der Waals surface area contributed by atoms with Gasteiger partial charge in [-0.1, -0.05) is 60.7 Å². The molecule has 7 nitrogen and oxygen atoms in total. The van der Waals surface area contributed by atoms with Crippen molar-refractivity contribution in [2.24, 2.45) is 0 Å². The third-order valence-electron chi connectivity index (χ3n) is 7.21. The van der Waals surface area contributed by atoms with Crippen LogP contribution in [0.3, 0.4) is 0 Å². The van der Waals surface area contributed by atoms with E-state index >= 15 is 0 Å². The van der Waals surface area contributed by atoms with Gasteiger partial charge in [-0.25, -0.2) is 13.3 Å². The summed E-state index contributed by atoms with van der Waals surface area (Å²) in [5, 5.41) is 2.93. The number of benzene rings is 3. The molecule has 0 aromatic heterocycles. The Morgan fingerprint density at radius 1 is 0.875 bits per heavy atom. The van der Waals surface area contributed by atoms with E-state index in [1.54, 1.807) is 0 Å². The number of likely N-dealkylation sites (tertiary alicyclic amines) is 1. The van der Waals surface area contributed by atoms with Crippen LogP contribution in [0.1, 0.15) is 50.8 Å². The highest BCUT2D eigenvalue weighted by atomic mass is 32.2. The molecule has 0 aliphatic carbocycles. The maximum absolute atomic E-state index is 13.2. The van der Waals surface area contributed by atoms with E-state index < -0.39 is 22.7 Å². The van der Waals surface area contributed by atoms with Crippen molar-refractivity contribution in [1.82, 2.24) is 14.5 Å². The molecule has 2 aliphatic rings. The first-order valence-corrected chi connectivity index (χ1v) is 15.1. The van der Waals surface area contributed by atoms with E-state index in [1.165, 1.54) is 11.1 Å². The number of carbonyl (C=O) groups is 1. The van der Waals surface area contributed by atoms with Crippen molar-refractivity contribution < 1.29 is 18.5 Å². The average molecular weight is 562 g/mol. The van der Waals surface area contributed by atoms with Gasteiger partial charge < -0.3 is 14.8 Å². The van der Waals surface area contributed by atoms with Gasteiger partial charge >= 0.3 is 6.09 Å². The van der Waals surface area contributed by atoms with Crippen LogP contribution in [-0.4, -0.2) is 63.4 Å². The van der Waals surface area contributed by atoms with Gasteiger partial charge in [0.25, 0.3) is 0 Å². The van der Waals surface area contributed by atoms with E-state index in [4.69, 9.17) is 9.47 Å². The summed E-state index contributed by atoms with van der Waals surface area (Å²) in [6, 6.07) is 29.1. The zero-order valence-corrected chi connectivity index (χ0v) is 24.3. The Kier molecular flexibility index (Phi) is 8.88. The topological polar surface area (TPSA) is 71.1 Å². The fourth-order valence-electron chi connectivity index (χ4n) is 5.26. The SMILES string of the molecule is CC(C)(C)OC(=O)NC1CCN(S(=O)c2ccc(OC3CN(C(c4ccccc4)c4ccccc4)C3)cc2)CC1. The second kappa shape index (κ2) is 12.5. The van der Waals surface area contributed by atoms with Crippen molar-refractivity contribution in [2.75, 3.05) is 26.2 Å². The molecule has 0 spiro atoms. The minimum Gasteiger partial charge on any atom is -0.488 e. The summed E-state index contributed by atoms with van der Waals surface area (Å²) in [5.41, 5.74) is 2.04. The molecular formula is C32H39N3O4S. The maximum atomic E-state index is 13.2. The monoisotopic (exact) mass is 561 g/mol. The first-order chi connectivity index (χ1) is 19.2. The Bertz CT molecular complexity index is 1230. The van der Waals surface area contributed by atoms with Crippen LogP contribution in [0.5, 0.6) is 5.75 Å². The molecule has 2 saturated heterocycles. The molecule has 5 rings (SSSR count). The summed E-state index contributed by atoms with van der Waals surface area (Å²) in [6.07, 6.45) is 1.19. The minimum absolute atomic E-state index is 0.0318. The Labute approximate surface area is 240 Å². The van der Waals surface area contributed by atoms with E-state index in [-0.39, 0.29) is 18.2 Å². The highest BCUT2D eigenvalue weighted by Crippen LogP contribution is 2.33. The fraction of sp³-hybridized carbons (Fsp3) is 0.406. The van der Waals surface area contributed by atoms with Crippen molar-refractivity contribution in [3.63, 3.8) is 0 Å². The highest BCUT2D eigenvalue weighted by molar-refractivity contribution is 7.82. The molecule has 0 saturated carbocycles. The second-order valence-electron chi connectivity index (χ2n) is 11.5. The number of ether oxygens (including phenoxy) is 2. The van der Waals surface area contributed by atoms with Gasteiger partial charge in [-0.3, -0.25) is 4.90 Å². The maximum Gasteiger partial charge on any atom is 0.407 e. The zero-order chi connectivity index (χ0) is 28.1. The van der Waals surface area contributed by atoms with Crippen molar-refractivity contribution in [3.8, 4) is 5.75 Å². The summed E-state index contributed by atoms with van der Waals surface area (Å²) in [5.74, 6) is 0.793. The third kappa shape index (κ3) is 7.30. The smallest absolute Gasteiger partial charge is 0.407 e. The lowest BCUT2D eigenvalue weighted by Gasteiger charge is -2.44. The number of hydrogen-bond donors (Lipinski definition) is 1. The Balaban J connectivity index is 1.11. The summed E-state index contributed by atoms with van der Waals surface area (Å²) in [7, 11) is -1.25. The van der Waals surface area contributed by atoms with E-state index in [9.17, 15) is 9.00 Å². The number of hydrogen-bond acceptors (Lipinski definition) is 5. The van der Waals surface area contributed by atoms with E-state index in [2.05, 4.69) is 70.9 Å². The van der Waals surface area contributed by atoms with Crippen molar-refractivity contribution in [2.45, 2.75) is 62.3 Å². The van der Waals surface area contributed by atoms with Gasteiger partial charge in [0.2, 0.25) is 0 Å². The number of piperidine rings is 1. The second-order valence-corrected chi connectivity index (χ2v) is 13.0. The zero-order valence-electron chi connectivity index (χ0n) is 23.5. The lowest BCUT2D eigenvalue weighted by molar-refractivity contribution is 0.000262. The number of carbonyl (C=O) groups excluding carboxylic acids is 1. The van der Waals surface area contributed by atoms with Gasteiger partial charge in [0, 0.05) is 32.2 Å². The molecule has 3 aromatic rings. The minimum atomic E-state index is -1.25. The van der Waals surface area contributed by atoms with Crippen LogP contribution >= 0.6 is 0 Å². The molecule has 1 amide bonds. The predicted octanol–water partition coefficient (Wildman–Crippen LogP) is 5.55. The van der Waals surface area contributed by atoms with Gasteiger partial charge in [0.15, 0.2) is 0 Å². The normalized spacial score (nSPS) is 18.2. The third-order valence-corrected chi connectivity index (χ3v) is 8.72. The molecule has 40 heavy (non-hydrogen) atoms. The summed E-state index contributed by atoms with van der Waals surface area (Å²) < 4.78 is 26.8. The van der Waals surface area contributed by atoms with E-state index in [0.29, 0.717) is 13.1 Å². The summed E-state index contributed by atoms with van der Waals surface area (Å²) in [6.45, 7) is 8.53. The van der Waals surface area contributed by atoms with E-state index in [1.807, 2.05) is 49.3 Å². The molecule has 0 radical (unpaired) electrons. The molecule has 2 heterocycles. The average Bonchev–Trinajstić information content (AvgIpc) is 2.92. The summed E-state index contributed by atoms with van der Waals surface area (Å²) >= 11 is 0. The molecule has 0 bridgehead atoms. The van der Waals surface area contributed by atoms with Crippen LogP contribution < -0.4 is 10.1 Å². The van der Waals surface area contributed by atoms with Gasteiger partial charge in [0.05, 0.1) is 10.9 Å². The van der Waals surface area contributed by atoms with Crippen LogP contribution in [0.2, 0.25) is 0 Å². The number of rotatable bonds is 8. The predicted molar refractivity (Wildman–Crippen MR) is 158 cm³/mol. The Morgan fingerprint density at radius 2 is 1.43 bits per heavy atom. The quantitative estimate of drug-likeness (QED) is 0.391. The molecule has 2 fully saturated rings. The van der Waals surface area contributed by atoms with Crippen molar-refractivity contribution in [1.29, 1.82) is 0 Å². The summed E-state index contributed by atoms with van der Waals surface area (Å²) in [4.78, 5) is 15.3. The number of amides is 1. The number of alkyl carbamates (subject to hydrolysis) is 1. The lowest BCUT2D eigenvalue weighted by atomic mass is 9.94. The molecular weight excluding hydrogens is 522 g/mol. The molecule has 8 heteroatoms. The Morgan fingerprint density at radius 3 is 1.95 bits per heavy atom. The van der Waals surface area contributed by atoms with Crippen LogP contribution in [0.15, 0.2) is 89.8 Å². The first-order valence-electron chi connectivity index (χ1n) is 14.0. The first kappa shape index (κ1) is 28.3. The van der Waals surface area contributed by atoms with Crippen molar-refractivity contribution in [3.05, 3.63) is 96.1 Å². The van der Waals surface area contributed by atoms with E-state index in [0.717, 1.165) is 36.6 Å². The van der Waals surface area contributed by atoms with Crippen molar-refractivity contribution >= 4 is 17.1 Å². The van der Waals surface area contributed by atoms with Crippen LogP contribution in [0, 0.1) is 0 Å². The van der Waals surface area contributed by atoms with Gasteiger partial charge in [-0.05, 0) is 69.0 Å². The lowest BCUT2D eigenvalue weighted by Crippen LogP contribution is -2.55.